The molecule has 3 rings (SSSR count). The van der Waals surface area contributed by atoms with Crippen molar-refractivity contribution in [1.29, 1.82) is 0 Å². The fraction of sp³-hybridized carbons (Fsp3) is 0.421. The summed E-state index contributed by atoms with van der Waals surface area (Å²) in [6.45, 7) is 0.0510. The average molecular weight is 408 g/mol. The third-order valence-corrected chi connectivity index (χ3v) is 4.76. The van der Waals surface area contributed by atoms with Crippen molar-refractivity contribution in [3.8, 4) is 5.75 Å². The number of rotatable bonds is 7. The molecule has 1 aliphatic rings. The lowest BCUT2D eigenvalue weighted by Crippen LogP contribution is -2.28. The number of hydrogen-bond donors (Lipinski definition) is 3. The lowest BCUT2D eigenvalue weighted by molar-refractivity contribution is -0.117. The zero-order chi connectivity index (χ0) is 19.2. The molecule has 152 valence electrons. The molecular formula is C19H26ClN5O3. The molecule has 0 saturated heterocycles. The summed E-state index contributed by atoms with van der Waals surface area (Å²) in [5.74, 6) is 0.687. The molecule has 4 N–H and O–H groups in total. The van der Waals surface area contributed by atoms with Crippen LogP contribution in [0.5, 0.6) is 5.75 Å². The first-order valence-electron chi connectivity index (χ1n) is 9.05. The van der Waals surface area contributed by atoms with Crippen molar-refractivity contribution in [2.45, 2.75) is 38.3 Å². The summed E-state index contributed by atoms with van der Waals surface area (Å²) in [6, 6.07) is 7.18. The fourth-order valence-electron chi connectivity index (χ4n) is 3.31. The largest absolute Gasteiger partial charge is 0.497 e. The number of halogens is 1. The van der Waals surface area contributed by atoms with Gasteiger partial charge in [0.25, 0.3) is 0 Å². The molecule has 2 amide bonds. The van der Waals surface area contributed by atoms with Crippen molar-refractivity contribution in [3.05, 3.63) is 36.7 Å². The van der Waals surface area contributed by atoms with Crippen molar-refractivity contribution in [2.75, 3.05) is 17.7 Å². The molecule has 1 aliphatic carbocycles. The minimum atomic E-state index is -0.210. The molecule has 1 fully saturated rings. The normalized spacial score (nSPS) is 18.2. The molecule has 9 heteroatoms. The maximum Gasteiger partial charge on any atom is 0.246 e. The van der Waals surface area contributed by atoms with Crippen molar-refractivity contribution in [3.63, 3.8) is 0 Å². The Bertz CT molecular complexity index is 793. The molecule has 1 saturated carbocycles. The molecule has 2 atom stereocenters. The first kappa shape index (κ1) is 21.7. The zero-order valence-electron chi connectivity index (χ0n) is 15.8. The van der Waals surface area contributed by atoms with Gasteiger partial charge in [0, 0.05) is 24.3 Å². The number of ether oxygens (including phenoxy) is 1. The van der Waals surface area contributed by atoms with Crippen LogP contribution in [0.1, 0.15) is 25.7 Å². The number of nitrogens with two attached hydrogens (primary N) is 1. The van der Waals surface area contributed by atoms with Crippen LogP contribution < -0.4 is 21.1 Å². The van der Waals surface area contributed by atoms with Crippen LogP contribution in [0.15, 0.2) is 36.7 Å². The number of benzene rings is 1. The van der Waals surface area contributed by atoms with Crippen LogP contribution in [0.3, 0.4) is 0 Å². The van der Waals surface area contributed by atoms with Gasteiger partial charge in [-0.2, -0.15) is 5.10 Å². The van der Waals surface area contributed by atoms with Crippen LogP contribution in [0.2, 0.25) is 0 Å². The molecular weight excluding hydrogens is 382 g/mol. The van der Waals surface area contributed by atoms with Gasteiger partial charge in [0.05, 0.1) is 19.0 Å². The Labute approximate surface area is 170 Å². The second-order valence-corrected chi connectivity index (χ2v) is 6.81. The Morgan fingerprint density at radius 2 is 1.89 bits per heavy atom. The molecule has 0 aliphatic heterocycles. The van der Waals surface area contributed by atoms with Crippen LogP contribution in [-0.4, -0.2) is 34.7 Å². The second-order valence-electron chi connectivity index (χ2n) is 6.81. The first-order chi connectivity index (χ1) is 13.0. The number of hydrogen-bond acceptors (Lipinski definition) is 5. The summed E-state index contributed by atoms with van der Waals surface area (Å²) in [6.07, 6.45) is 6.66. The third-order valence-electron chi connectivity index (χ3n) is 4.76. The van der Waals surface area contributed by atoms with Crippen LogP contribution >= 0.6 is 12.4 Å². The summed E-state index contributed by atoms with van der Waals surface area (Å²) in [7, 11) is 1.59. The van der Waals surface area contributed by atoms with E-state index < -0.39 is 0 Å². The molecule has 8 nitrogen and oxygen atoms in total. The Morgan fingerprint density at radius 1 is 1.18 bits per heavy atom. The quantitative estimate of drug-likeness (QED) is 0.652. The molecule has 1 heterocycles. The van der Waals surface area contributed by atoms with Gasteiger partial charge in [0.1, 0.15) is 12.3 Å². The first-order valence-corrected chi connectivity index (χ1v) is 9.05. The van der Waals surface area contributed by atoms with Gasteiger partial charge in [0.15, 0.2) is 0 Å². The highest BCUT2D eigenvalue weighted by atomic mass is 35.5. The summed E-state index contributed by atoms with van der Waals surface area (Å²) >= 11 is 0. The van der Waals surface area contributed by atoms with E-state index in [-0.39, 0.29) is 42.7 Å². The molecule has 0 bridgehead atoms. The van der Waals surface area contributed by atoms with Gasteiger partial charge in [-0.15, -0.1) is 12.4 Å². The Morgan fingerprint density at radius 3 is 2.54 bits per heavy atom. The maximum absolute atomic E-state index is 12.1. The van der Waals surface area contributed by atoms with Gasteiger partial charge in [-0.3, -0.25) is 14.3 Å². The minimum absolute atomic E-state index is 0. The van der Waals surface area contributed by atoms with Gasteiger partial charge >= 0.3 is 0 Å². The van der Waals surface area contributed by atoms with Crippen molar-refractivity contribution in [1.82, 2.24) is 9.78 Å². The summed E-state index contributed by atoms with van der Waals surface area (Å²) < 4.78 is 6.57. The number of aromatic nitrogens is 2. The lowest BCUT2D eigenvalue weighted by Gasteiger charge is -2.14. The minimum Gasteiger partial charge on any atom is -0.497 e. The van der Waals surface area contributed by atoms with Crippen molar-refractivity contribution < 1.29 is 14.3 Å². The number of carbonyl (C=O) groups excluding carboxylic acids is 2. The molecule has 1 aromatic heterocycles. The smallest absolute Gasteiger partial charge is 0.246 e. The highest BCUT2D eigenvalue weighted by Crippen LogP contribution is 2.27. The number of carbonyl (C=O) groups is 2. The molecule has 1 aromatic carbocycles. The fourth-order valence-corrected chi connectivity index (χ4v) is 3.31. The van der Waals surface area contributed by atoms with Crippen LogP contribution in [0.25, 0.3) is 0 Å². The molecule has 0 spiro atoms. The standard InChI is InChI=1S/C19H25N5O3.ClH/c1-27-16-7-5-14(6-8-16)22-19(26)12-24-11-15(10-21-24)23-18(25)9-13-3-2-4-17(13)20;/h5-8,10-11,13,17H,2-4,9,12,20H2,1H3,(H,22,26)(H,23,25);1H/t13-,17+;/m0./s1. The summed E-state index contributed by atoms with van der Waals surface area (Å²) in [5, 5.41) is 9.73. The van der Waals surface area contributed by atoms with E-state index in [0.717, 1.165) is 25.0 Å². The number of methoxy groups -OCH3 is 1. The monoisotopic (exact) mass is 407 g/mol. The van der Waals surface area contributed by atoms with Crippen molar-refractivity contribution >= 4 is 35.6 Å². The zero-order valence-corrected chi connectivity index (χ0v) is 16.6. The number of amides is 2. The van der Waals surface area contributed by atoms with Gasteiger partial charge in [-0.05, 0) is 43.0 Å². The Kier molecular flexibility index (Phi) is 7.83. The predicted octanol–water partition coefficient (Wildman–Crippen LogP) is 2.41. The van der Waals surface area contributed by atoms with Gasteiger partial charge in [-0.25, -0.2) is 0 Å². The summed E-state index contributed by atoms with van der Waals surface area (Å²) in [5.41, 5.74) is 7.26. The number of anilines is 2. The third kappa shape index (κ3) is 5.97. The van der Waals surface area contributed by atoms with E-state index in [9.17, 15) is 9.59 Å². The van der Waals surface area contributed by atoms with E-state index in [1.165, 1.54) is 10.9 Å². The SMILES string of the molecule is COc1ccc(NC(=O)Cn2cc(NC(=O)C[C@@H]3CCC[C@H]3N)cn2)cc1.Cl. The predicted molar refractivity (Wildman–Crippen MR) is 110 cm³/mol. The lowest BCUT2D eigenvalue weighted by atomic mass is 10.00. The average Bonchev–Trinajstić information content (AvgIpc) is 3.24. The summed E-state index contributed by atoms with van der Waals surface area (Å²) in [4.78, 5) is 24.3. The van der Waals surface area contributed by atoms with Crippen molar-refractivity contribution in [2.24, 2.45) is 11.7 Å². The molecule has 2 aromatic rings. The van der Waals surface area contributed by atoms with Gasteiger partial charge < -0.3 is 21.1 Å². The van der Waals surface area contributed by atoms with E-state index in [1.54, 1.807) is 37.6 Å². The van der Waals surface area contributed by atoms with Gasteiger partial charge in [0.2, 0.25) is 11.8 Å². The van der Waals surface area contributed by atoms with E-state index in [1.807, 2.05) is 0 Å². The van der Waals surface area contributed by atoms with Crippen LogP contribution in [0.4, 0.5) is 11.4 Å². The topological polar surface area (TPSA) is 111 Å². The number of nitrogens with one attached hydrogen (secondary N) is 2. The Balaban J connectivity index is 0.00000280. The second kappa shape index (κ2) is 10.1. The Hall–Kier alpha value is -2.58. The highest BCUT2D eigenvalue weighted by Gasteiger charge is 2.26. The molecule has 28 heavy (non-hydrogen) atoms. The van der Waals surface area contributed by atoms with E-state index >= 15 is 0 Å². The maximum atomic E-state index is 12.1. The molecule has 0 radical (unpaired) electrons. The van der Waals surface area contributed by atoms with E-state index in [2.05, 4.69) is 15.7 Å². The van der Waals surface area contributed by atoms with Crippen LogP contribution in [-0.2, 0) is 16.1 Å². The highest BCUT2D eigenvalue weighted by molar-refractivity contribution is 5.91. The van der Waals surface area contributed by atoms with E-state index in [4.69, 9.17) is 10.5 Å². The molecule has 0 unspecified atom stereocenters. The van der Waals surface area contributed by atoms with Gasteiger partial charge in [-0.1, -0.05) is 6.42 Å². The van der Waals surface area contributed by atoms with E-state index in [0.29, 0.717) is 17.8 Å². The van der Waals surface area contributed by atoms with Crippen LogP contribution in [0, 0.1) is 5.92 Å². The number of nitrogens with zero attached hydrogens (tertiary/aromatic N) is 2.